The molecule has 25 heavy (non-hydrogen) atoms. The summed E-state index contributed by atoms with van der Waals surface area (Å²) in [5.74, 6) is -0.939. The molecule has 7 nitrogen and oxygen atoms in total. The van der Waals surface area contributed by atoms with E-state index in [2.05, 4.69) is 10.1 Å². The topological polar surface area (TPSA) is 91.2 Å². The molecule has 1 amide bonds. The summed E-state index contributed by atoms with van der Waals surface area (Å²) in [6, 6.07) is 6.49. The zero-order valence-electron chi connectivity index (χ0n) is 13.8. The SMILES string of the molecule is CC(C(=O)N1CCc2[nH]c3ccc(C(=O)O)cc3c2C1)n1cccn1. The van der Waals surface area contributed by atoms with Crippen LogP contribution in [-0.4, -0.2) is 43.2 Å². The highest BCUT2D eigenvalue weighted by molar-refractivity contribution is 5.95. The van der Waals surface area contributed by atoms with Crippen molar-refractivity contribution in [3.63, 3.8) is 0 Å². The number of aromatic carboxylic acids is 1. The van der Waals surface area contributed by atoms with Crippen molar-refractivity contribution in [2.45, 2.75) is 25.9 Å². The lowest BCUT2D eigenvalue weighted by molar-refractivity contribution is -0.135. The number of amides is 1. The van der Waals surface area contributed by atoms with Gasteiger partial charge in [0.05, 0.1) is 5.56 Å². The summed E-state index contributed by atoms with van der Waals surface area (Å²) in [5.41, 5.74) is 3.24. The Kier molecular flexibility index (Phi) is 3.56. The first-order valence-electron chi connectivity index (χ1n) is 8.19. The van der Waals surface area contributed by atoms with E-state index in [-0.39, 0.29) is 17.5 Å². The van der Waals surface area contributed by atoms with E-state index in [0.717, 1.165) is 28.6 Å². The number of nitrogens with one attached hydrogen (secondary N) is 1. The van der Waals surface area contributed by atoms with Crippen LogP contribution in [0.5, 0.6) is 0 Å². The highest BCUT2D eigenvalue weighted by Crippen LogP contribution is 2.29. The van der Waals surface area contributed by atoms with Crippen molar-refractivity contribution in [1.29, 1.82) is 0 Å². The second kappa shape index (κ2) is 5.77. The number of aromatic amines is 1. The van der Waals surface area contributed by atoms with Gasteiger partial charge >= 0.3 is 5.97 Å². The lowest BCUT2D eigenvalue weighted by Crippen LogP contribution is -2.39. The fraction of sp³-hybridized carbons (Fsp3) is 0.278. The summed E-state index contributed by atoms with van der Waals surface area (Å²) < 4.78 is 1.65. The number of carbonyl (C=O) groups is 2. The van der Waals surface area contributed by atoms with Gasteiger partial charge in [-0.25, -0.2) is 4.79 Å². The molecule has 0 fully saturated rings. The Morgan fingerprint density at radius 2 is 2.20 bits per heavy atom. The molecule has 1 unspecified atom stereocenters. The highest BCUT2D eigenvalue weighted by atomic mass is 16.4. The molecular weight excluding hydrogens is 320 g/mol. The molecule has 0 saturated heterocycles. The van der Waals surface area contributed by atoms with Crippen molar-refractivity contribution in [3.8, 4) is 0 Å². The standard InChI is InChI=1S/C18H18N4O3/c1-11(22-7-2-6-19-22)17(23)21-8-5-16-14(10-21)13-9-12(18(24)25)3-4-15(13)20-16/h2-4,6-7,9,11,20H,5,8,10H2,1H3,(H,24,25). The number of hydrogen-bond acceptors (Lipinski definition) is 3. The van der Waals surface area contributed by atoms with Gasteiger partial charge in [-0.1, -0.05) is 0 Å². The largest absolute Gasteiger partial charge is 0.478 e. The molecule has 2 aromatic heterocycles. The molecule has 0 bridgehead atoms. The van der Waals surface area contributed by atoms with Gasteiger partial charge < -0.3 is 15.0 Å². The number of carbonyl (C=O) groups excluding carboxylic acids is 1. The highest BCUT2D eigenvalue weighted by Gasteiger charge is 2.28. The molecule has 0 spiro atoms. The van der Waals surface area contributed by atoms with Crippen molar-refractivity contribution in [2.24, 2.45) is 0 Å². The Balaban J connectivity index is 1.66. The summed E-state index contributed by atoms with van der Waals surface area (Å²) in [7, 11) is 0. The summed E-state index contributed by atoms with van der Waals surface area (Å²) in [5, 5.41) is 14.2. The van der Waals surface area contributed by atoms with E-state index in [9.17, 15) is 14.7 Å². The zero-order chi connectivity index (χ0) is 17.6. The number of carboxylic acid groups (broad SMARTS) is 1. The third-order valence-corrected chi connectivity index (χ3v) is 4.81. The zero-order valence-corrected chi connectivity index (χ0v) is 13.8. The van der Waals surface area contributed by atoms with E-state index < -0.39 is 5.97 Å². The number of aromatic nitrogens is 3. The van der Waals surface area contributed by atoms with Gasteiger partial charge in [0.25, 0.3) is 0 Å². The molecule has 0 aliphatic carbocycles. The Labute approximate surface area is 143 Å². The van der Waals surface area contributed by atoms with Crippen molar-refractivity contribution < 1.29 is 14.7 Å². The number of nitrogens with zero attached hydrogens (tertiary/aromatic N) is 3. The fourth-order valence-corrected chi connectivity index (χ4v) is 3.42. The lowest BCUT2D eigenvalue weighted by Gasteiger charge is -2.29. The van der Waals surface area contributed by atoms with Gasteiger partial charge in [-0.3, -0.25) is 9.48 Å². The van der Waals surface area contributed by atoms with Crippen LogP contribution in [0, 0.1) is 0 Å². The van der Waals surface area contributed by atoms with Crippen LogP contribution in [0.4, 0.5) is 0 Å². The van der Waals surface area contributed by atoms with Crippen molar-refractivity contribution in [2.75, 3.05) is 6.54 Å². The number of benzene rings is 1. The second-order valence-corrected chi connectivity index (χ2v) is 6.32. The Hall–Kier alpha value is -3.09. The maximum Gasteiger partial charge on any atom is 0.335 e. The van der Waals surface area contributed by atoms with Gasteiger partial charge in [0.15, 0.2) is 0 Å². The first-order chi connectivity index (χ1) is 12.0. The first-order valence-corrected chi connectivity index (χ1v) is 8.19. The fourth-order valence-electron chi connectivity index (χ4n) is 3.42. The van der Waals surface area contributed by atoms with Gasteiger partial charge in [-0.2, -0.15) is 5.10 Å². The van der Waals surface area contributed by atoms with Crippen LogP contribution in [0.25, 0.3) is 10.9 Å². The maximum absolute atomic E-state index is 12.8. The van der Waals surface area contributed by atoms with Crippen LogP contribution < -0.4 is 0 Å². The minimum atomic E-state index is -0.951. The predicted molar refractivity (Wildman–Crippen MR) is 91.3 cm³/mol. The van der Waals surface area contributed by atoms with E-state index in [1.54, 1.807) is 41.3 Å². The molecular formula is C18H18N4O3. The molecule has 128 valence electrons. The monoisotopic (exact) mass is 338 g/mol. The molecule has 0 radical (unpaired) electrons. The van der Waals surface area contributed by atoms with E-state index >= 15 is 0 Å². The minimum Gasteiger partial charge on any atom is -0.478 e. The first kappa shape index (κ1) is 15.4. The van der Waals surface area contributed by atoms with E-state index in [4.69, 9.17) is 0 Å². The number of hydrogen-bond donors (Lipinski definition) is 2. The quantitative estimate of drug-likeness (QED) is 0.766. The summed E-state index contributed by atoms with van der Waals surface area (Å²) >= 11 is 0. The second-order valence-electron chi connectivity index (χ2n) is 6.32. The van der Waals surface area contributed by atoms with Crippen LogP contribution in [0.1, 0.15) is 34.6 Å². The Morgan fingerprint density at radius 1 is 1.36 bits per heavy atom. The molecule has 4 rings (SSSR count). The molecule has 7 heteroatoms. The van der Waals surface area contributed by atoms with Crippen LogP contribution in [0.15, 0.2) is 36.7 Å². The predicted octanol–water partition coefficient (Wildman–Crippen LogP) is 2.21. The summed E-state index contributed by atoms with van der Waals surface area (Å²) in [4.78, 5) is 29.2. The maximum atomic E-state index is 12.8. The molecule has 1 aliphatic rings. The van der Waals surface area contributed by atoms with E-state index in [1.807, 2.05) is 11.8 Å². The van der Waals surface area contributed by atoms with Crippen LogP contribution in [0.2, 0.25) is 0 Å². The Bertz CT molecular complexity index is 958. The van der Waals surface area contributed by atoms with Gasteiger partial charge in [0.2, 0.25) is 5.91 Å². The molecule has 3 aromatic rings. The summed E-state index contributed by atoms with van der Waals surface area (Å²) in [6.45, 7) is 2.95. The smallest absolute Gasteiger partial charge is 0.335 e. The van der Waals surface area contributed by atoms with Gasteiger partial charge in [0, 0.05) is 54.1 Å². The number of rotatable bonds is 3. The third kappa shape index (κ3) is 2.57. The van der Waals surface area contributed by atoms with E-state index in [0.29, 0.717) is 13.1 Å². The molecule has 1 aliphatic heterocycles. The summed E-state index contributed by atoms with van der Waals surface area (Å²) in [6.07, 6.45) is 4.16. The number of fused-ring (bicyclic) bond motifs is 3. The van der Waals surface area contributed by atoms with E-state index in [1.165, 1.54) is 0 Å². The van der Waals surface area contributed by atoms with Gasteiger partial charge in [-0.15, -0.1) is 0 Å². The van der Waals surface area contributed by atoms with Crippen molar-refractivity contribution in [3.05, 3.63) is 53.5 Å². The average molecular weight is 338 g/mol. The van der Waals surface area contributed by atoms with Crippen molar-refractivity contribution >= 4 is 22.8 Å². The van der Waals surface area contributed by atoms with Crippen LogP contribution in [-0.2, 0) is 17.8 Å². The molecule has 1 atom stereocenters. The molecule has 1 aromatic carbocycles. The minimum absolute atomic E-state index is 0.0121. The molecule has 2 N–H and O–H groups in total. The van der Waals surface area contributed by atoms with Crippen LogP contribution >= 0.6 is 0 Å². The number of H-pyrrole nitrogens is 1. The normalized spacial score (nSPS) is 15.2. The van der Waals surface area contributed by atoms with Gasteiger partial charge in [0.1, 0.15) is 6.04 Å². The van der Waals surface area contributed by atoms with Crippen LogP contribution in [0.3, 0.4) is 0 Å². The van der Waals surface area contributed by atoms with Gasteiger partial charge in [-0.05, 0) is 31.2 Å². The molecule has 3 heterocycles. The lowest BCUT2D eigenvalue weighted by atomic mass is 10.0. The van der Waals surface area contributed by atoms with Crippen molar-refractivity contribution in [1.82, 2.24) is 19.7 Å². The number of carboxylic acids is 1. The Morgan fingerprint density at radius 3 is 2.92 bits per heavy atom. The average Bonchev–Trinajstić information content (AvgIpc) is 3.27. The molecule has 0 saturated carbocycles. The third-order valence-electron chi connectivity index (χ3n) is 4.81.